The fraction of sp³-hybridized carbons (Fsp3) is 0.500. The van der Waals surface area contributed by atoms with Crippen molar-refractivity contribution in [2.45, 2.75) is 12.5 Å². The highest BCUT2D eigenvalue weighted by atomic mass is 16.5. The summed E-state index contributed by atoms with van der Waals surface area (Å²) in [6.07, 6.45) is 2.25. The number of hydrogen-bond acceptors (Lipinski definition) is 4. The molecule has 5 nitrogen and oxygen atoms in total. The van der Waals surface area contributed by atoms with Gasteiger partial charge in [0.25, 0.3) is 5.91 Å². The van der Waals surface area contributed by atoms with Gasteiger partial charge in [0.1, 0.15) is 0 Å². The van der Waals surface area contributed by atoms with Gasteiger partial charge in [-0.3, -0.25) is 14.9 Å². The quantitative estimate of drug-likeness (QED) is 0.551. The molecule has 5 heteroatoms. The smallest absolute Gasteiger partial charge is 0.265 e. The van der Waals surface area contributed by atoms with Gasteiger partial charge in [-0.1, -0.05) is 0 Å². The Morgan fingerprint density at radius 3 is 2.85 bits per heavy atom. The van der Waals surface area contributed by atoms with Crippen LogP contribution in [-0.4, -0.2) is 35.7 Å². The van der Waals surface area contributed by atoms with E-state index >= 15 is 0 Å². The van der Waals surface area contributed by atoms with Gasteiger partial charge in [0.15, 0.2) is 5.60 Å². The average Bonchev–Trinajstić information content (AvgIpc) is 2.09. The third-order valence-electron chi connectivity index (χ3n) is 1.67. The minimum absolute atomic E-state index is 0.140. The molecule has 0 bridgehead atoms. The topological polar surface area (TPSA) is 75.6 Å². The maximum atomic E-state index is 11.1. The molecule has 0 saturated carbocycles. The van der Waals surface area contributed by atoms with Gasteiger partial charge in [-0.05, 0) is 13.0 Å². The fourth-order valence-corrected chi connectivity index (χ4v) is 0.922. The Labute approximate surface area is 75.4 Å². The Bertz CT molecular complexity index is 261. The van der Waals surface area contributed by atoms with Crippen molar-refractivity contribution in [2.75, 3.05) is 13.2 Å². The van der Waals surface area contributed by atoms with Gasteiger partial charge in [-0.2, -0.15) is 0 Å². The molecule has 0 saturated heterocycles. The van der Waals surface area contributed by atoms with Crippen LogP contribution in [0.2, 0.25) is 0 Å². The van der Waals surface area contributed by atoms with Crippen LogP contribution in [0.15, 0.2) is 12.2 Å². The first kappa shape index (κ1) is 9.88. The lowest BCUT2D eigenvalue weighted by Crippen LogP contribution is -2.53. The van der Waals surface area contributed by atoms with Crippen LogP contribution in [0.3, 0.4) is 0 Å². The zero-order valence-corrected chi connectivity index (χ0v) is 7.24. The van der Waals surface area contributed by atoms with Gasteiger partial charge in [-0.15, -0.1) is 0 Å². The Balaban J connectivity index is 2.71. The minimum atomic E-state index is -1.70. The average molecular weight is 185 g/mol. The van der Waals surface area contributed by atoms with Crippen molar-refractivity contribution in [1.29, 1.82) is 0 Å². The van der Waals surface area contributed by atoms with Crippen molar-refractivity contribution in [1.82, 2.24) is 5.32 Å². The second-order valence-electron chi connectivity index (χ2n) is 2.71. The number of hydrogen-bond donors (Lipinski definition) is 2. The van der Waals surface area contributed by atoms with Crippen molar-refractivity contribution < 1.29 is 19.4 Å². The second-order valence-corrected chi connectivity index (χ2v) is 2.71. The molecule has 0 fully saturated rings. The number of imide groups is 1. The summed E-state index contributed by atoms with van der Waals surface area (Å²) in [4.78, 5) is 21.8. The molecule has 2 amide bonds. The summed E-state index contributed by atoms with van der Waals surface area (Å²) in [6, 6.07) is 0. The molecule has 72 valence electrons. The van der Waals surface area contributed by atoms with Gasteiger partial charge in [-0.25, -0.2) is 0 Å². The molecule has 0 spiro atoms. The van der Waals surface area contributed by atoms with Crippen molar-refractivity contribution >= 4 is 11.8 Å². The molecule has 0 aliphatic carbocycles. The van der Waals surface area contributed by atoms with Crippen molar-refractivity contribution in [3.63, 3.8) is 0 Å². The van der Waals surface area contributed by atoms with E-state index in [1.165, 1.54) is 0 Å². The predicted octanol–water partition coefficient (Wildman–Crippen LogP) is -1.03. The Morgan fingerprint density at radius 1 is 1.62 bits per heavy atom. The molecule has 1 heterocycles. The zero-order valence-electron chi connectivity index (χ0n) is 7.24. The zero-order chi connectivity index (χ0) is 9.90. The molecule has 1 rings (SSSR count). The molecular weight excluding hydrogens is 174 g/mol. The summed E-state index contributed by atoms with van der Waals surface area (Å²) in [6.45, 7) is 2.01. The molecule has 0 aromatic rings. The van der Waals surface area contributed by atoms with Crippen LogP contribution in [0.5, 0.6) is 0 Å². The molecule has 0 unspecified atom stereocenters. The summed E-state index contributed by atoms with van der Waals surface area (Å²) in [5, 5.41) is 11.6. The molecule has 1 atom stereocenters. The van der Waals surface area contributed by atoms with E-state index in [2.05, 4.69) is 0 Å². The third kappa shape index (κ3) is 2.13. The number of amides is 2. The molecule has 0 aromatic carbocycles. The first-order chi connectivity index (χ1) is 6.08. The number of aliphatic hydroxyl groups is 1. The number of rotatable bonds is 3. The minimum Gasteiger partial charge on any atom is -0.378 e. The summed E-state index contributed by atoms with van der Waals surface area (Å²) < 4.78 is 4.91. The van der Waals surface area contributed by atoms with E-state index in [1.807, 2.05) is 5.32 Å². The van der Waals surface area contributed by atoms with Gasteiger partial charge < -0.3 is 9.84 Å². The van der Waals surface area contributed by atoms with E-state index in [-0.39, 0.29) is 6.61 Å². The molecule has 0 aromatic heterocycles. The standard InChI is InChI=1S/C8H11NO4/c1-2-13-5-8(12)4-3-6(10)9-7(8)11/h3-4,12H,2,5H2,1H3,(H,9,10,11)/t8-/m1/s1. The van der Waals surface area contributed by atoms with Crippen molar-refractivity contribution in [3.05, 3.63) is 12.2 Å². The molecule has 2 N–H and O–H groups in total. The summed E-state index contributed by atoms with van der Waals surface area (Å²) in [5.74, 6) is -1.26. The van der Waals surface area contributed by atoms with Gasteiger partial charge in [0, 0.05) is 12.7 Å². The van der Waals surface area contributed by atoms with Crippen molar-refractivity contribution in [3.8, 4) is 0 Å². The normalized spacial score (nSPS) is 27.5. The number of ether oxygens (including phenoxy) is 1. The van der Waals surface area contributed by atoms with Crippen LogP contribution in [0.4, 0.5) is 0 Å². The van der Waals surface area contributed by atoms with Gasteiger partial charge >= 0.3 is 0 Å². The molecule has 1 aliphatic rings. The van der Waals surface area contributed by atoms with Crippen molar-refractivity contribution in [2.24, 2.45) is 0 Å². The van der Waals surface area contributed by atoms with E-state index in [9.17, 15) is 14.7 Å². The number of carbonyl (C=O) groups is 2. The lowest BCUT2D eigenvalue weighted by molar-refractivity contribution is -0.144. The van der Waals surface area contributed by atoms with Crippen LogP contribution in [0.25, 0.3) is 0 Å². The highest BCUT2D eigenvalue weighted by molar-refractivity contribution is 6.08. The second kappa shape index (κ2) is 3.68. The highest BCUT2D eigenvalue weighted by Gasteiger charge is 2.37. The first-order valence-electron chi connectivity index (χ1n) is 3.93. The highest BCUT2D eigenvalue weighted by Crippen LogP contribution is 2.11. The Morgan fingerprint density at radius 2 is 2.31 bits per heavy atom. The van der Waals surface area contributed by atoms with Crippen LogP contribution in [0, 0.1) is 0 Å². The number of carbonyl (C=O) groups excluding carboxylic acids is 2. The van der Waals surface area contributed by atoms with E-state index in [0.29, 0.717) is 6.61 Å². The van der Waals surface area contributed by atoms with E-state index < -0.39 is 17.4 Å². The largest absolute Gasteiger partial charge is 0.378 e. The maximum absolute atomic E-state index is 11.1. The van der Waals surface area contributed by atoms with Gasteiger partial charge in [0.05, 0.1) is 6.61 Å². The SMILES string of the molecule is CCOC[C@]1(O)C=CC(=O)NC1=O. The van der Waals surface area contributed by atoms with E-state index in [0.717, 1.165) is 12.2 Å². The van der Waals surface area contributed by atoms with Gasteiger partial charge in [0.2, 0.25) is 5.91 Å². The van der Waals surface area contributed by atoms with Crippen LogP contribution < -0.4 is 5.32 Å². The Kier molecular flexibility index (Phi) is 2.79. The lowest BCUT2D eigenvalue weighted by Gasteiger charge is -2.24. The number of nitrogens with one attached hydrogen (secondary N) is 1. The fourth-order valence-electron chi connectivity index (χ4n) is 0.922. The lowest BCUT2D eigenvalue weighted by atomic mass is 10.0. The molecular formula is C8H11NO4. The predicted molar refractivity (Wildman–Crippen MR) is 43.7 cm³/mol. The summed E-state index contributed by atoms with van der Waals surface area (Å²) in [7, 11) is 0. The molecule has 0 radical (unpaired) electrons. The first-order valence-corrected chi connectivity index (χ1v) is 3.93. The third-order valence-corrected chi connectivity index (χ3v) is 1.67. The van der Waals surface area contributed by atoms with E-state index in [4.69, 9.17) is 4.74 Å². The molecule has 1 aliphatic heterocycles. The van der Waals surface area contributed by atoms with E-state index in [1.54, 1.807) is 6.92 Å². The van der Waals surface area contributed by atoms with Crippen LogP contribution in [0.1, 0.15) is 6.92 Å². The molecule has 13 heavy (non-hydrogen) atoms. The van der Waals surface area contributed by atoms with Crippen LogP contribution in [-0.2, 0) is 14.3 Å². The maximum Gasteiger partial charge on any atom is 0.265 e. The summed E-state index contributed by atoms with van der Waals surface area (Å²) >= 11 is 0. The van der Waals surface area contributed by atoms with Crippen LogP contribution >= 0.6 is 0 Å². The Hall–Kier alpha value is -1.20. The monoisotopic (exact) mass is 185 g/mol. The summed E-state index contributed by atoms with van der Waals surface area (Å²) in [5.41, 5.74) is -1.70.